The third-order valence-electron chi connectivity index (χ3n) is 11.4. The number of ether oxygens (including phenoxy) is 3. The molecule has 0 aromatic carbocycles. The fourth-order valence-electron chi connectivity index (χ4n) is 7.34. The van der Waals surface area contributed by atoms with Gasteiger partial charge in [0.2, 0.25) is 0 Å². The summed E-state index contributed by atoms with van der Waals surface area (Å²) in [5.41, 5.74) is 0. The summed E-state index contributed by atoms with van der Waals surface area (Å²) in [5.74, 6) is -0.931. The highest BCUT2D eigenvalue weighted by Crippen LogP contribution is 2.14. The topological polar surface area (TPSA) is 78.9 Å². The molecule has 0 rings (SSSR count). The molecule has 1 atom stereocenters. The van der Waals surface area contributed by atoms with Crippen LogP contribution in [0.2, 0.25) is 0 Å². The molecule has 0 aliphatic heterocycles. The molecule has 0 unspecified atom stereocenters. The summed E-state index contributed by atoms with van der Waals surface area (Å²) in [7, 11) is 0. The van der Waals surface area contributed by atoms with Crippen LogP contribution in [0.15, 0.2) is 72.9 Å². The van der Waals surface area contributed by atoms with Crippen molar-refractivity contribution in [3.05, 3.63) is 72.9 Å². The van der Waals surface area contributed by atoms with Crippen molar-refractivity contribution in [2.75, 3.05) is 13.2 Å². The lowest BCUT2D eigenvalue weighted by molar-refractivity contribution is -0.167. The first-order chi connectivity index (χ1) is 31.5. The van der Waals surface area contributed by atoms with Gasteiger partial charge in [-0.2, -0.15) is 0 Å². The lowest BCUT2D eigenvalue weighted by atomic mass is 10.0. The van der Waals surface area contributed by atoms with E-state index in [0.29, 0.717) is 19.3 Å². The van der Waals surface area contributed by atoms with Crippen molar-refractivity contribution in [2.45, 2.75) is 264 Å². The Hall–Kier alpha value is -3.15. The van der Waals surface area contributed by atoms with Crippen molar-refractivity contribution in [1.29, 1.82) is 0 Å². The van der Waals surface area contributed by atoms with E-state index in [0.717, 1.165) is 109 Å². The number of carbonyl (C=O) groups is 3. The number of rotatable bonds is 48. The minimum absolute atomic E-state index is 0.0916. The van der Waals surface area contributed by atoms with Gasteiger partial charge in [-0.25, -0.2) is 0 Å². The maximum Gasteiger partial charge on any atom is 0.306 e. The largest absolute Gasteiger partial charge is 0.462 e. The van der Waals surface area contributed by atoms with Gasteiger partial charge < -0.3 is 14.2 Å². The minimum atomic E-state index is -0.792. The number of hydrogen-bond acceptors (Lipinski definition) is 6. The summed E-state index contributed by atoms with van der Waals surface area (Å²) in [4.78, 5) is 38.0. The number of carbonyl (C=O) groups excluding carboxylic acids is 3. The van der Waals surface area contributed by atoms with E-state index in [1.165, 1.54) is 109 Å². The fourth-order valence-corrected chi connectivity index (χ4v) is 7.34. The van der Waals surface area contributed by atoms with E-state index >= 15 is 0 Å². The van der Waals surface area contributed by atoms with Gasteiger partial charge in [-0.15, -0.1) is 0 Å². The van der Waals surface area contributed by atoms with Gasteiger partial charge in [-0.1, -0.05) is 216 Å². The molecule has 0 amide bonds. The SMILES string of the molecule is CCCCC/C=C\C/C=C\C/C=C\C/C=C\CCCCCC(=O)OC[C@H](COC(=O)CCCCCCC/C=C\C/C=C\CCCCC)OC(=O)CCCCCCCCCCCCCC. The van der Waals surface area contributed by atoms with Gasteiger partial charge in [0.1, 0.15) is 13.2 Å². The number of hydrogen-bond donors (Lipinski definition) is 0. The Morgan fingerprint density at radius 2 is 0.562 bits per heavy atom. The zero-order valence-electron chi connectivity index (χ0n) is 42.0. The van der Waals surface area contributed by atoms with Gasteiger partial charge in [0, 0.05) is 19.3 Å². The zero-order valence-corrected chi connectivity index (χ0v) is 42.0. The van der Waals surface area contributed by atoms with Gasteiger partial charge in [-0.05, 0) is 96.3 Å². The van der Waals surface area contributed by atoms with Crippen molar-refractivity contribution in [1.82, 2.24) is 0 Å². The first-order valence-corrected chi connectivity index (χ1v) is 26.9. The quantitative estimate of drug-likeness (QED) is 0.0262. The number of unbranched alkanes of at least 4 members (excludes halogenated alkanes) is 25. The average molecular weight is 893 g/mol. The maximum atomic E-state index is 12.8. The van der Waals surface area contributed by atoms with Crippen LogP contribution in [0.1, 0.15) is 258 Å². The molecular formula is C58H100O6. The molecule has 0 spiro atoms. The van der Waals surface area contributed by atoms with Gasteiger partial charge >= 0.3 is 17.9 Å². The Bertz CT molecular complexity index is 1210. The summed E-state index contributed by atoms with van der Waals surface area (Å²) < 4.78 is 16.8. The van der Waals surface area contributed by atoms with Crippen LogP contribution in [-0.2, 0) is 28.6 Å². The molecule has 368 valence electrons. The molecule has 64 heavy (non-hydrogen) atoms. The highest BCUT2D eigenvalue weighted by atomic mass is 16.6. The van der Waals surface area contributed by atoms with E-state index in [2.05, 4.69) is 93.7 Å². The molecule has 6 nitrogen and oxygen atoms in total. The second-order valence-electron chi connectivity index (χ2n) is 17.8. The maximum absolute atomic E-state index is 12.8. The van der Waals surface area contributed by atoms with Gasteiger partial charge in [0.15, 0.2) is 6.10 Å². The molecule has 0 saturated heterocycles. The molecule has 0 N–H and O–H groups in total. The lowest BCUT2D eigenvalue weighted by Crippen LogP contribution is -2.30. The molecular weight excluding hydrogens is 793 g/mol. The fraction of sp³-hybridized carbons (Fsp3) is 0.741. The van der Waals surface area contributed by atoms with E-state index < -0.39 is 6.10 Å². The Morgan fingerprint density at radius 3 is 0.922 bits per heavy atom. The van der Waals surface area contributed by atoms with Crippen LogP contribution in [0.25, 0.3) is 0 Å². The van der Waals surface area contributed by atoms with Crippen molar-refractivity contribution < 1.29 is 28.6 Å². The zero-order chi connectivity index (χ0) is 46.5. The monoisotopic (exact) mass is 893 g/mol. The van der Waals surface area contributed by atoms with E-state index in [4.69, 9.17) is 14.2 Å². The van der Waals surface area contributed by atoms with E-state index in [1.54, 1.807) is 0 Å². The van der Waals surface area contributed by atoms with E-state index in [1.807, 2.05) is 0 Å². The lowest BCUT2D eigenvalue weighted by Gasteiger charge is -2.18. The summed E-state index contributed by atoms with van der Waals surface area (Å²) in [6, 6.07) is 0. The molecule has 0 saturated carbocycles. The second-order valence-corrected chi connectivity index (χ2v) is 17.8. The molecule has 0 aliphatic rings. The Labute approximate surface area is 395 Å². The highest BCUT2D eigenvalue weighted by Gasteiger charge is 2.19. The standard InChI is InChI=1S/C58H100O6/c1-4-7-10-13-16-19-22-25-27-28-29-30-32-34-37-39-42-45-48-51-57(60)63-54-55(64-58(61)52-49-46-43-40-35-24-21-18-15-12-9-6-3)53-62-56(59)50-47-44-41-38-36-33-31-26-23-20-17-14-11-8-5-2/h16-17,19-20,25-27,29-31,34,37,55H,4-15,18,21-24,28,32-33,35-36,38-54H2,1-3H3/b19-16-,20-17-,27-25-,30-29-,31-26-,37-34-/t55-/m0/s1. The van der Waals surface area contributed by atoms with Crippen LogP contribution in [0.4, 0.5) is 0 Å². The van der Waals surface area contributed by atoms with Crippen molar-refractivity contribution in [3.8, 4) is 0 Å². The van der Waals surface area contributed by atoms with Crippen LogP contribution in [0.5, 0.6) is 0 Å². The molecule has 0 aromatic rings. The molecule has 0 heterocycles. The molecule has 0 bridgehead atoms. The van der Waals surface area contributed by atoms with Crippen molar-refractivity contribution in [3.63, 3.8) is 0 Å². The Balaban J connectivity index is 4.43. The predicted molar refractivity (Wildman–Crippen MR) is 274 cm³/mol. The Kier molecular flexibility index (Phi) is 49.9. The summed E-state index contributed by atoms with van der Waals surface area (Å²) in [6.07, 6.45) is 65.9. The number of allylic oxidation sites excluding steroid dienone is 12. The normalized spacial score (nSPS) is 12.6. The van der Waals surface area contributed by atoms with Gasteiger partial charge in [0.05, 0.1) is 0 Å². The number of esters is 3. The van der Waals surface area contributed by atoms with Gasteiger partial charge in [0.25, 0.3) is 0 Å². The average Bonchev–Trinajstić information content (AvgIpc) is 3.29. The van der Waals surface area contributed by atoms with Crippen LogP contribution < -0.4 is 0 Å². The third-order valence-corrected chi connectivity index (χ3v) is 11.4. The molecule has 0 fully saturated rings. The Morgan fingerprint density at radius 1 is 0.312 bits per heavy atom. The van der Waals surface area contributed by atoms with Crippen LogP contribution in [0, 0.1) is 0 Å². The van der Waals surface area contributed by atoms with Crippen LogP contribution in [-0.4, -0.2) is 37.2 Å². The van der Waals surface area contributed by atoms with E-state index in [-0.39, 0.29) is 31.1 Å². The summed E-state index contributed by atoms with van der Waals surface area (Å²) in [6.45, 7) is 6.55. The summed E-state index contributed by atoms with van der Waals surface area (Å²) >= 11 is 0. The first kappa shape index (κ1) is 60.9. The highest BCUT2D eigenvalue weighted by molar-refractivity contribution is 5.71. The van der Waals surface area contributed by atoms with Crippen LogP contribution in [0.3, 0.4) is 0 Å². The smallest absolute Gasteiger partial charge is 0.306 e. The van der Waals surface area contributed by atoms with Crippen molar-refractivity contribution in [2.24, 2.45) is 0 Å². The molecule has 6 heteroatoms. The first-order valence-electron chi connectivity index (χ1n) is 26.9. The van der Waals surface area contributed by atoms with Crippen LogP contribution >= 0.6 is 0 Å². The van der Waals surface area contributed by atoms with E-state index in [9.17, 15) is 14.4 Å². The molecule has 0 radical (unpaired) electrons. The molecule has 0 aliphatic carbocycles. The minimum Gasteiger partial charge on any atom is -0.462 e. The summed E-state index contributed by atoms with van der Waals surface area (Å²) in [5, 5.41) is 0. The predicted octanol–water partition coefficient (Wildman–Crippen LogP) is 17.8. The molecule has 0 aromatic heterocycles. The van der Waals surface area contributed by atoms with Gasteiger partial charge in [-0.3, -0.25) is 14.4 Å². The third kappa shape index (κ3) is 49.9. The van der Waals surface area contributed by atoms with Crippen molar-refractivity contribution >= 4 is 17.9 Å². The second kappa shape index (κ2) is 52.5.